The largest absolute Gasteiger partial charge is 0.423 e. The lowest BCUT2D eigenvalue weighted by molar-refractivity contribution is -0.127. The Hall–Kier alpha value is -2.53. The quantitative estimate of drug-likeness (QED) is 0.572. The van der Waals surface area contributed by atoms with Crippen molar-refractivity contribution in [2.45, 2.75) is 33.1 Å². The molecule has 0 unspecified atom stereocenters. The minimum Gasteiger partial charge on any atom is -0.423 e. The van der Waals surface area contributed by atoms with E-state index in [0.717, 1.165) is 27.6 Å². The number of carbonyl (C=O) groups excluding carboxylic acids is 1. The highest BCUT2D eigenvalue weighted by atomic mass is 32.2. The Morgan fingerprint density at radius 1 is 1.04 bits per heavy atom. The fourth-order valence-electron chi connectivity index (χ4n) is 3.02. The monoisotopic (exact) mass is 395 g/mol. The van der Waals surface area contributed by atoms with Crippen molar-refractivity contribution in [3.8, 4) is 0 Å². The predicted molar refractivity (Wildman–Crippen MR) is 116 cm³/mol. The number of fused-ring (bicyclic) bond motifs is 1. The first-order chi connectivity index (χ1) is 13.3. The zero-order chi connectivity index (χ0) is 20.3. The van der Waals surface area contributed by atoms with E-state index in [4.69, 9.17) is 4.42 Å². The second kappa shape index (κ2) is 8.65. The van der Waals surface area contributed by atoms with Gasteiger partial charge in [0, 0.05) is 30.8 Å². The Kier molecular flexibility index (Phi) is 6.25. The van der Waals surface area contributed by atoms with E-state index in [0.29, 0.717) is 23.6 Å². The molecule has 1 aromatic heterocycles. The fraction of sp³-hybridized carbons (Fsp3) is 0.304. The molecule has 0 atom stereocenters. The van der Waals surface area contributed by atoms with Crippen molar-refractivity contribution in [1.82, 2.24) is 4.90 Å². The highest BCUT2D eigenvalue weighted by Gasteiger charge is 2.12. The molecule has 0 aliphatic rings. The van der Waals surface area contributed by atoms with Crippen molar-refractivity contribution in [3.63, 3.8) is 0 Å². The predicted octanol–water partition coefficient (Wildman–Crippen LogP) is 4.61. The maximum absolute atomic E-state index is 12.5. The summed E-state index contributed by atoms with van der Waals surface area (Å²) in [6.07, 6.45) is 0. The number of amides is 1. The second-order valence-electron chi connectivity index (χ2n) is 7.25. The number of thioether (sulfide) groups is 1. The molecule has 146 valence electrons. The lowest BCUT2D eigenvalue weighted by Gasteiger charge is -2.17. The summed E-state index contributed by atoms with van der Waals surface area (Å²) in [7, 11) is 1.82. The summed E-state index contributed by atoms with van der Waals surface area (Å²) in [5, 5.41) is 0.940. The van der Waals surface area contributed by atoms with Crippen molar-refractivity contribution >= 4 is 28.6 Å². The van der Waals surface area contributed by atoms with Crippen LogP contribution in [0.2, 0.25) is 0 Å². The molecule has 0 N–H and O–H groups in total. The molecular weight excluding hydrogens is 370 g/mol. The molecule has 0 aliphatic carbocycles. The van der Waals surface area contributed by atoms with E-state index in [1.165, 1.54) is 23.4 Å². The molecule has 5 heteroatoms. The zero-order valence-electron chi connectivity index (χ0n) is 16.7. The number of benzene rings is 2. The van der Waals surface area contributed by atoms with E-state index >= 15 is 0 Å². The lowest BCUT2D eigenvalue weighted by Crippen LogP contribution is -2.27. The summed E-state index contributed by atoms with van der Waals surface area (Å²) < 4.78 is 5.34. The molecule has 1 amide bonds. The van der Waals surface area contributed by atoms with Gasteiger partial charge >= 0.3 is 5.63 Å². The number of carbonyl (C=O) groups is 1. The van der Waals surface area contributed by atoms with Gasteiger partial charge in [0.25, 0.3) is 0 Å². The van der Waals surface area contributed by atoms with Crippen LogP contribution in [0.3, 0.4) is 0 Å². The third-order valence-electron chi connectivity index (χ3n) is 4.89. The van der Waals surface area contributed by atoms with Gasteiger partial charge in [-0.3, -0.25) is 4.79 Å². The van der Waals surface area contributed by atoms with Gasteiger partial charge in [-0.2, -0.15) is 0 Å². The molecule has 0 saturated carbocycles. The van der Waals surface area contributed by atoms with Crippen LogP contribution >= 0.6 is 11.8 Å². The third kappa shape index (κ3) is 4.84. The van der Waals surface area contributed by atoms with E-state index in [1.807, 2.05) is 46.0 Å². The van der Waals surface area contributed by atoms with E-state index in [-0.39, 0.29) is 11.5 Å². The van der Waals surface area contributed by atoms with Gasteiger partial charge in [0.1, 0.15) is 5.58 Å². The highest BCUT2D eigenvalue weighted by molar-refractivity contribution is 7.99. The fourth-order valence-corrected chi connectivity index (χ4v) is 3.97. The van der Waals surface area contributed by atoms with Gasteiger partial charge in [-0.05, 0) is 55.2 Å². The molecule has 0 bridgehead atoms. The maximum atomic E-state index is 12.5. The smallest absolute Gasteiger partial charge is 0.336 e. The molecule has 0 radical (unpaired) electrons. The van der Waals surface area contributed by atoms with Crippen LogP contribution in [-0.4, -0.2) is 23.6 Å². The second-order valence-corrected chi connectivity index (χ2v) is 8.24. The van der Waals surface area contributed by atoms with E-state index in [1.54, 1.807) is 4.90 Å². The number of hydrogen-bond acceptors (Lipinski definition) is 4. The topological polar surface area (TPSA) is 50.5 Å². The van der Waals surface area contributed by atoms with Crippen LogP contribution in [0.5, 0.6) is 0 Å². The molecule has 0 fully saturated rings. The normalized spacial score (nSPS) is 11.0. The molecular formula is C23H25NO3S. The van der Waals surface area contributed by atoms with Gasteiger partial charge < -0.3 is 9.32 Å². The van der Waals surface area contributed by atoms with E-state index in [9.17, 15) is 9.59 Å². The minimum atomic E-state index is -0.353. The minimum absolute atomic E-state index is 0.0740. The molecule has 3 aromatic rings. The summed E-state index contributed by atoms with van der Waals surface area (Å²) in [5.74, 6) is 1.04. The first-order valence-electron chi connectivity index (χ1n) is 9.24. The lowest BCUT2D eigenvalue weighted by atomic mass is 10.0. The molecule has 2 aromatic carbocycles. The van der Waals surface area contributed by atoms with Crippen molar-refractivity contribution in [2.75, 3.05) is 12.8 Å². The average molecular weight is 396 g/mol. The summed E-state index contributed by atoms with van der Waals surface area (Å²) in [6, 6.07) is 13.7. The Morgan fingerprint density at radius 3 is 2.43 bits per heavy atom. The summed E-state index contributed by atoms with van der Waals surface area (Å²) in [6.45, 7) is 6.68. The van der Waals surface area contributed by atoms with Crippen LogP contribution < -0.4 is 5.63 Å². The van der Waals surface area contributed by atoms with Crippen LogP contribution in [0.15, 0.2) is 51.7 Å². The maximum Gasteiger partial charge on any atom is 0.336 e. The number of aryl methyl sites for hydroxylation is 3. The number of nitrogens with zero attached hydrogens (tertiary/aromatic N) is 1. The SMILES string of the molecule is Cc1ccc(CN(C)C(=O)CSCc2cc(=O)oc3cc(C)c(C)cc23)cc1. The molecule has 0 aliphatic heterocycles. The zero-order valence-corrected chi connectivity index (χ0v) is 17.6. The third-order valence-corrected chi connectivity index (χ3v) is 5.86. The van der Waals surface area contributed by atoms with Crippen molar-refractivity contribution in [2.24, 2.45) is 0 Å². The van der Waals surface area contributed by atoms with Crippen LogP contribution in [0.4, 0.5) is 0 Å². The first kappa shape index (κ1) is 20.2. The molecule has 0 saturated heterocycles. The first-order valence-corrected chi connectivity index (χ1v) is 10.4. The van der Waals surface area contributed by atoms with Crippen molar-refractivity contribution in [1.29, 1.82) is 0 Å². The van der Waals surface area contributed by atoms with Crippen molar-refractivity contribution < 1.29 is 9.21 Å². The molecule has 4 nitrogen and oxygen atoms in total. The van der Waals surface area contributed by atoms with Gasteiger partial charge in [0.2, 0.25) is 5.91 Å². The summed E-state index contributed by atoms with van der Waals surface area (Å²) in [5.41, 5.74) is 5.73. The molecule has 28 heavy (non-hydrogen) atoms. The Morgan fingerprint density at radius 2 is 1.71 bits per heavy atom. The van der Waals surface area contributed by atoms with E-state index < -0.39 is 0 Å². The Balaban J connectivity index is 1.64. The van der Waals surface area contributed by atoms with Crippen LogP contribution in [0.25, 0.3) is 11.0 Å². The summed E-state index contributed by atoms with van der Waals surface area (Å²) >= 11 is 1.52. The highest BCUT2D eigenvalue weighted by Crippen LogP contribution is 2.24. The Labute approximate surface area is 169 Å². The van der Waals surface area contributed by atoms with Crippen molar-refractivity contribution in [3.05, 3.63) is 80.7 Å². The van der Waals surface area contributed by atoms with Gasteiger partial charge in [-0.15, -0.1) is 11.8 Å². The number of hydrogen-bond donors (Lipinski definition) is 0. The van der Waals surface area contributed by atoms with Gasteiger partial charge in [-0.25, -0.2) is 4.79 Å². The molecule has 0 spiro atoms. The average Bonchev–Trinajstić information content (AvgIpc) is 2.65. The Bertz CT molecular complexity index is 1050. The van der Waals surface area contributed by atoms with Gasteiger partial charge in [-0.1, -0.05) is 29.8 Å². The molecule has 1 heterocycles. The van der Waals surface area contributed by atoms with Gasteiger partial charge in [0.15, 0.2) is 0 Å². The molecule has 3 rings (SSSR count). The van der Waals surface area contributed by atoms with Crippen LogP contribution in [0.1, 0.15) is 27.8 Å². The van der Waals surface area contributed by atoms with Gasteiger partial charge in [0.05, 0.1) is 5.75 Å². The summed E-state index contributed by atoms with van der Waals surface area (Å²) in [4.78, 5) is 26.1. The van der Waals surface area contributed by atoms with Crippen LogP contribution in [0, 0.1) is 20.8 Å². The number of rotatable bonds is 6. The van der Waals surface area contributed by atoms with Crippen LogP contribution in [-0.2, 0) is 17.1 Å². The standard InChI is InChI=1S/C23H25NO3S/c1-15-5-7-18(8-6-15)12-24(4)22(25)14-28-13-19-11-23(26)27-21-10-17(3)16(2)9-20(19)21/h5-11H,12-14H2,1-4H3. The van der Waals surface area contributed by atoms with E-state index in [2.05, 4.69) is 18.2 Å².